The van der Waals surface area contributed by atoms with Crippen molar-refractivity contribution in [3.05, 3.63) is 35.9 Å². The summed E-state index contributed by atoms with van der Waals surface area (Å²) in [5.41, 5.74) is 1.30. The van der Waals surface area contributed by atoms with Gasteiger partial charge < -0.3 is 10.0 Å². The Morgan fingerprint density at radius 2 is 2.10 bits per heavy atom. The lowest BCUT2D eigenvalue weighted by Gasteiger charge is -2.31. The molecule has 4 heteroatoms. The molecule has 0 unspecified atom stereocenters. The van der Waals surface area contributed by atoms with E-state index in [1.807, 2.05) is 11.0 Å². The SMILES string of the molecule is CN(Cc1ccccc1)[C@@H]1C[C@H]2CC[C@H]1N2C(=O)CO. The van der Waals surface area contributed by atoms with Crippen molar-refractivity contribution in [2.24, 2.45) is 0 Å². The molecular weight excluding hydrogens is 252 g/mol. The first kappa shape index (κ1) is 13.6. The Kier molecular flexibility index (Phi) is 3.76. The van der Waals surface area contributed by atoms with Crippen LogP contribution in [-0.2, 0) is 11.3 Å². The number of likely N-dealkylation sites (N-methyl/N-ethyl adjacent to an activating group) is 1. The third-order valence-corrected chi connectivity index (χ3v) is 4.77. The van der Waals surface area contributed by atoms with Gasteiger partial charge in [0.1, 0.15) is 6.61 Å². The van der Waals surface area contributed by atoms with Crippen LogP contribution in [0.4, 0.5) is 0 Å². The van der Waals surface area contributed by atoms with Gasteiger partial charge in [0.2, 0.25) is 5.91 Å². The summed E-state index contributed by atoms with van der Waals surface area (Å²) in [5.74, 6) is -0.104. The molecule has 1 aromatic rings. The van der Waals surface area contributed by atoms with E-state index in [9.17, 15) is 4.79 Å². The summed E-state index contributed by atoms with van der Waals surface area (Å²) < 4.78 is 0. The molecule has 3 rings (SSSR count). The van der Waals surface area contributed by atoms with Crippen LogP contribution in [0.1, 0.15) is 24.8 Å². The molecule has 2 aliphatic rings. The lowest BCUT2D eigenvalue weighted by molar-refractivity contribution is -0.135. The maximum Gasteiger partial charge on any atom is 0.248 e. The van der Waals surface area contributed by atoms with Crippen molar-refractivity contribution in [2.45, 2.75) is 43.9 Å². The molecule has 0 spiro atoms. The number of aliphatic hydroxyl groups excluding tert-OH is 1. The van der Waals surface area contributed by atoms with E-state index in [0.717, 1.165) is 25.8 Å². The smallest absolute Gasteiger partial charge is 0.248 e. The second-order valence-corrected chi connectivity index (χ2v) is 5.96. The van der Waals surface area contributed by atoms with Gasteiger partial charge in [-0.25, -0.2) is 0 Å². The van der Waals surface area contributed by atoms with Crippen LogP contribution in [0.5, 0.6) is 0 Å². The van der Waals surface area contributed by atoms with Crippen LogP contribution in [-0.4, -0.2) is 52.6 Å². The molecule has 2 saturated heterocycles. The first-order chi connectivity index (χ1) is 9.70. The molecule has 2 fully saturated rings. The third-order valence-electron chi connectivity index (χ3n) is 4.77. The van der Waals surface area contributed by atoms with E-state index < -0.39 is 0 Å². The highest BCUT2D eigenvalue weighted by molar-refractivity contribution is 5.78. The zero-order valence-electron chi connectivity index (χ0n) is 11.9. The summed E-state index contributed by atoms with van der Waals surface area (Å²) in [7, 11) is 2.14. The topological polar surface area (TPSA) is 43.8 Å². The molecule has 20 heavy (non-hydrogen) atoms. The van der Waals surface area contributed by atoms with Gasteiger partial charge in [-0.15, -0.1) is 0 Å². The number of hydrogen-bond acceptors (Lipinski definition) is 3. The minimum absolute atomic E-state index is 0.104. The number of nitrogens with zero attached hydrogens (tertiary/aromatic N) is 2. The van der Waals surface area contributed by atoms with Crippen LogP contribution < -0.4 is 0 Å². The van der Waals surface area contributed by atoms with Crippen LogP contribution in [0, 0.1) is 0 Å². The summed E-state index contributed by atoms with van der Waals surface area (Å²) in [6, 6.07) is 11.5. The van der Waals surface area contributed by atoms with Gasteiger partial charge in [0.15, 0.2) is 0 Å². The Hall–Kier alpha value is -1.39. The molecule has 3 atom stereocenters. The Labute approximate surface area is 120 Å². The molecule has 0 aliphatic carbocycles. The van der Waals surface area contributed by atoms with Crippen LogP contribution >= 0.6 is 0 Å². The maximum absolute atomic E-state index is 11.9. The van der Waals surface area contributed by atoms with Crippen LogP contribution in [0.25, 0.3) is 0 Å². The van der Waals surface area contributed by atoms with Crippen LogP contribution in [0.3, 0.4) is 0 Å². The summed E-state index contributed by atoms with van der Waals surface area (Å²) in [5, 5.41) is 9.11. The van der Waals surface area contributed by atoms with Gasteiger partial charge in [0, 0.05) is 24.7 Å². The van der Waals surface area contributed by atoms with E-state index in [-0.39, 0.29) is 18.6 Å². The van der Waals surface area contributed by atoms with Crippen molar-refractivity contribution in [3.8, 4) is 0 Å². The molecule has 0 aromatic heterocycles. The second-order valence-electron chi connectivity index (χ2n) is 5.96. The van der Waals surface area contributed by atoms with Gasteiger partial charge >= 0.3 is 0 Å². The zero-order chi connectivity index (χ0) is 14.1. The number of rotatable bonds is 4. The molecule has 2 bridgehead atoms. The van der Waals surface area contributed by atoms with Crippen molar-refractivity contribution in [2.75, 3.05) is 13.7 Å². The Balaban J connectivity index is 1.68. The Morgan fingerprint density at radius 3 is 2.80 bits per heavy atom. The van der Waals surface area contributed by atoms with E-state index in [1.165, 1.54) is 5.56 Å². The van der Waals surface area contributed by atoms with Crippen molar-refractivity contribution >= 4 is 5.91 Å². The van der Waals surface area contributed by atoms with Crippen molar-refractivity contribution in [3.63, 3.8) is 0 Å². The van der Waals surface area contributed by atoms with Crippen molar-refractivity contribution in [1.82, 2.24) is 9.80 Å². The highest BCUT2D eigenvalue weighted by atomic mass is 16.3. The first-order valence-corrected chi connectivity index (χ1v) is 7.37. The standard InChI is InChI=1S/C16H22N2O2/c1-17(10-12-5-3-2-4-6-12)15-9-13-7-8-14(15)18(13)16(20)11-19/h2-6,13-15,19H,7-11H2,1H3/t13-,14-,15-/m1/s1. The largest absolute Gasteiger partial charge is 0.387 e. The quantitative estimate of drug-likeness (QED) is 0.898. The van der Waals surface area contributed by atoms with Gasteiger partial charge in [-0.3, -0.25) is 9.69 Å². The zero-order valence-corrected chi connectivity index (χ0v) is 11.9. The lowest BCUT2D eigenvalue weighted by Crippen LogP contribution is -2.44. The second kappa shape index (κ2) is 5.54. The molecule has 1 amide bonds. The van der Waals surface area contributed by atoms with Crippen molar-refractivity contribution < 1.29 is 9.90 Å². The highest BCUT2D eigenvalue weighted by Crippen LogP contribution is 2.40. The van der Waals surface area contributed by atoms with E-state index in [1.54, 1.807) is 0 Å². The highest BCUT2D eigenvalue weighted by Gasteiger charge is 2.49. The Bertz CT molecular complexity index is 477. The van der Waals surface area contributed by atoms with E-state index in [0.29, 0.717) is 12.1 Å². The summed E-state index contributed by atoms with van der Waals surface area (Å²) in [6.45, 7) is 0.554. The van der Waals surface area contributed by atoms with E-state index in [4.69, 9.17) is 5.11 Å². The van der Waals surface area contributed by atoms with Crippen LogP contribution in [0.15, 0.2) is 30.3 Å². The predicted octanol–water partition coefficient (Wildman–Crippen LogP) is 1.24. The molecule has 1 N–H and O–H groups in total. The number of carbonyl (C=O) groups is 1. The normalized spacial score (nSPS) is 28.4. The van der Waals surface area contributed by atoms with Gasteiger partial charge in [-0.1, -0.05) is 30.3 Å². The molecule has 4 nitrogen and oxygen atoms in total. The molecule has 2 aliphatic heterocycles. The van der Waals surface area contributed by atoms with Gasteiger partial charge in [-0.2, -0.15) is 0 Å². The summed E-state index contributed by atoms with van der Waals surface area (Å²) in [4.78, 5) is 16.2. The molecule has 2 heterocycles. The number of aliphatic hydroxyl groups is 1. The first-order valence-electron chi connectivity index (χ1n) is 7.37. The predicted molar refractivity (Wildman–Crippen MR) is 77.1 cm³/mol. The van der Waals surface area contributed by atoms with Crippen LogP contribution in [0.2, 0.25) is 0 Å². The average Bonchev–Trinajstić information content (AvgIpc) is 3.05. The molecule has 1 aromatic carbocycles. The number of amides is 1. The molecule has 0 saturated carbocycles. The number of fused-ring (bicyclic) bond motifs is 2. The number of benzene rings is 1. The van der Waals surface area contributed by atoms with E-state index in [2.05, 4.69) is 36.2 Å². The number of hydrogen-bond donors (Lipinski definition) is 1. The van der Waals surface area contributed by atoms with Gasteiger partial charge in [0.25, 0.3) is 0 Å². The monoisotopic (exact) mass is 274 g/mol. The molecule has 0 radical (unpaired) electrons. The van der Waals surface area contributed by atoms with E-state index >= 15 is 0 Å². The third kappa shape index (κ3) is 2.34. The minimum atomic E-state index is -0.359. The minimum Gasteiger partial charge on any atom is -0.387 e. The average molecular weight is 274 g/mol. The fourth-order valence-corrected chi connectivity index (χ4v) is 3.89. The maximum atomic E-state index is 11.9. The van der Waals surface area contributed by atoms with Crippen molar-refractivity contribution in [1.29, 1.82) is 0 Å². The lowest BCUT2D eigenvalue weighted by atomic mass is 9.94. The Morgan fingerprint density at radius 1 is 1.35 bits per heavy atom. The number of carbonyl (C=O) groups excluding carboxylic acids is 1. The molecular formula is C16H22N2O2. The summed E-state index contributed by atoms with van der Waals surface area (Å²) in [6.07, 6.45) is 3.20. The summed E-state index contributed by atoms with van der Waals surface area (Å²) >= 11 is 0. The van der Waals surface area contributed by atoms with Gasteiger partial charge in [-0.05, 0) is 31.9 Å². The molecule has 108 valence electrons. The fourth-order valence-electron chi connectivity index (χ4n) is 3.89. The van der Waals surface area contributed by atoms with Gasteiger partial charge in [0.05, 0.1) is 0 Å². The fraction of sp³-hybridized carbons (Fsp3) is 0.562.